The zero-order valence-corrected chi connectivity index (χ0v) is 21.2. The van der Waals surface area contributed by atoms with Crippen LogP contribution in [-0.2, 0) is 26.2 Å². The van der Waals surface area contributed by atoms with Crippen molar-refractivity contribution in [3.05, 3.63) is 77.6 Å². The maximum Gasteiger partial charge on any atom is 0.373 e. The van der Waals surface area contributed by atoms with Gasteiger partial charge in [0.1, 0.15) is 0 Å². The molecule has 0 N–H and O–H groups in total. The third kappa shape index (κ3) is 6.06. The van der Waals surface area contributed by atoms with Crippen LogP contribution in [0, 0.1) is 0 Å². The number of benzene rings is 1. The van der Waals surface area contributed by atoms with Gasteiger partial charge in [-0.05, 0) is 72.4 Å². The second-order valence-electron chi connectivity index (χ2n) is 9.18. The van der Waals surface area contributed by atoms with E-state index in [1.54, 1.807) is 31.5 Å². The number of hydrogen-bond donors (Lipinski definition) is 0. The largest absolute Gasteiger partial charge is 0.462 e. The number of fused-ring (bicyclic) bond motifs is 1. The van der Waals surface area contributed by atoms with Gasteiger partial charge in [0.15, 0.2) is 0 Å². The third-order valence-corrected chi connectivity index (χ3v) is 5.68. The fourth-order valence-electron chi connectivity index (χ4n) is 3.79. The molecule has 3 heterocycles. The lowest BCUT2D eigenvalue weighted by molar-refractivity contribution is -0.191. The SMILES string of the molecule is CCOC(=O)c1cc(-c2cc(CC)ccn2)nc(-c2cc(C(C)(C)C)cc3cccnc23)c1.O=C=O. The van der Waals surface area contributed by atoms with E-state index < -0.39 is 0 Å². The van der Waals surface area contributed by atoms with Gasteiger partial charge in [-0.15, -0.1) is 0 Å². The second-order valence-corrected chi connectivity index (χ2v) is 9.18. The van der Waals surface area contributed by atoms with Crippen LogP contribution in [0.1, 0.15) is 56.1 Å². The highest BCUT2D eigenvalue weighted by Gasteiger charge is 2.20. The van der Waals surface area contributed by atoms with Crippen molar-refractivity contribution in [2.75, 3.05) is 6.61 Å². The van der Waals surface area contributed by atoms with Crippen molar-refractivity contribution in [2.24, 2.45) is 0 Å². The number of pyridine rings is 3. The molecule has 0 aliphatic heterocycles. The zero-order chi connectivity index (χ0) is 26.3. The van der Waals surface area contributed by atoms with Gasteiger partial charge in [0, 0.05) is 23.3 Å². The summed E-state index contributed by atoms with van der Waals surface area (Å²) in [4.78, 5) is 43.1. The monoisotopic (exact) mass is 483 g/mol. The van der Waals surface area contributed by atoms with Crippen molar-refractivity contribution in [2.45, 2.75) is 46.5 Å². The van der Waals surface area contributed by atoms with Crippen LogP contribution in [0.5, 0.6) is 0 Å². The summed E-state index contributed by atoms with van der Waals surface area (Å²) in [6.45, 7) is 10.8. The zero-order valence-electron chi connectivity index (χ0n) is 21.2. The summed E-state index contributed by atoms with van der Waals surface area (Å²) in [6.07, 6.45) is 4.71. The Balaban J connectivity index is 0.00000115. The highest BCUT2D eigenvalue weighted by Crippen LogP contribution is 2.34. The van der Waals surface area contributed by atoms with E-state index in [1.807, 2.05) is 18.2 Å². The van der Waals surface area contributed by atoms with Gasteiger partial charge in [0.25, 0.3) is 0 Å². The average Bonchev–Trinajstić information content (AvgIpc) is 2.88. The Morgan fingerprint density at radius 1 is 0.917 bits per heavy atom. The molecule has 36 heavy (non-hydrogen) atoms. The molecule has 0 spiro atoms. The summed E-state index contributed by atoms with van der Waals surface area (Å²) in [6, 6.07) is 15.9. The first kappa shape index (κ1) is 26.4. The Morgan fingerprint density at radius 2 is 1.64 bits per heavy atom. The molecule has 1 aromatic carbocycles. The van der Waals surface area contributed by atoms with Crippen LogP contribution in [0.3, 0.4) is 0 Å². The van der Waals surface area contributed by atoms with E-state index in [4.69, 9.17) is 19.3 Å². The lowest BCUT2D eigenvalue weighted by atomic mass is 9.84. The summed E-state index contributed by atoms with van der Waals surface area (Å²) in [5.74, 6) is -0.377. The van der Waals surface area contributed by atoms with Gasteiger partial charge in [0.05, 0.1) is 34.8 Å². The summed E-state index contributed by atoms with van der Waals surface area (Å²) in [7, 11) is 0. The van der Waals surface area contributed by atoms with Crippen molar-refractivity contribution in [1.29, 1.82) is 0 Å². The maximum absolute atomic E-state index is 12.7. The van der Waals surface area contributed by atoms with Crippen molar-refractivity contribution < 1.29 is 19.1 Å². The lowest BCUT2D eigenvalue weighted by Gasteiger charge is -2.21. The number of ether oxygens (including phenoxy) is 1. The molecule has 3 aromatic heterocycles. The maximum atomic E-state index is 12.7. The van der Waals surface area contributed by atoms with Gasteiger partial charge in [-0.1, -0.05) is 33.8 Å². The smallest absolute Gasteiger partial charge is 0.373 e. The van der Waals surface area contributed by atoms with E-state index in [1.165, 1.54) is 5.56 Å². The van der Waals surface area contributed by atoms with E-state index in [2.05, 4.69) is 55.9 Å². The molecule has 0 aliphatic carbocycles. The molecule has 0 saturated carbocycles. The Morgan fingerprint density at radius 3 is 2.31 bits per heavy atom. The van der Waals surface area contributed by atoms with Crippen molar-refractivity contribution in [3.63, 3.8) is 0 Å². The van der Waals surface area contributed by atoms with Crippen LogP contribution in [0.15, 0.2) is 60.9 Å². The first-order chi connectivity index (χ1) is 17.2. The van der Waals surface area contributed by atoms with Gasteiger partial charge in [-0.2, -0.15) is 9.59 Å². The highest BCUT2D eigenvalue weighted by atomic mass is 16.5. The van der Waals surface area contributed by atoms with E-state index in [-0.39, 0.29) is 17.5 Å². The molecular formula is C29H29N3O4. The van der Waals surface area contributed by atoms with Gasteiger partial charge in [-0.3, -0.25) is 9.97 Å². The first-order valence-electron chi connectivity index (χ1n) is 11.7. The first-order valence-corrected chi connectivity index (χ1v) is 11.7. The fraction of sp³-hybridized carbons (Fsp3) is 0.276. The molecule has 184 valence electrons. The van der Waals surface area contributed by atoms with E-state index in [0.717, 1.165) is 34.1 Å². The molecule has 0 aliphatic rings. The number of aromatic nitrogens is 3. The molecule has 0 bridgehead atoms. The normalized spacial score (nSPS) is 10.8. The van der Waals surface area contributed by atoms with E-state index in [0.29, 0.717) is 23.6 Å². The molecular weight excluding hydrogens is 454 g/mol. The van der Waals surface area contributed by atoms with E-state index in [9.17, 15) is 4.79 Å². The Labute approximate surface area is 210 Å². The molecule has 0 fully saturated rings. The predicted octanol–water partition coefficient (Wildman–Crippen LogP) is 5.81. The number of hydrogen-bond acceptors (Lipinski definition) is 7. The standard InChI is InChI=1S/C28H29N3O2.CO2/c1-6-18-10-12-29-24(13-18)25-16-20(27(32)33-7-2)15-23(31-25)22-17-21(28(3,4)5)14-19-9-8-11-30-26(19)22;2-1-3/h8-17H,6-7H2,1-5H3;. The molecule has 7 nitrogen and oxygen atoms in total. The van der Waals surface area contributed by atoms with Crippen LogP contribution in [-0.4, -0.2) is 33.7 Å². The van der Waals surface area contributed by atoms with E-state index >= 15 is 0 Å². The molecule has 0 radical (unpaired) electrons. The molecule has 0 unspecified atom stereocenters. The minimum atomic E-state index is -0.377. The average molecular weight is 484 g/mol. The Kier molecular flexibility index (Phi) is 8.41. The number of aryl methyl sites for hydroxylation is 1. The minimum Gasteiger partial charge on any atom is -0.462 e. The lowest BCUT2D eigenvalue weighted by Crippen LogP contribution is -2.11. The van der Waals surface area contributed by atoms with Gasteiger partial charge < -0.3 is 4.74 Å². The van der Waals surface area contributed by atoms with Crippen LogP contribution in [0.25, 0.3) is 33.5 Å². The highest BCUT2D eigenvalue weighted by molar-refractivity contribution is 5.97. The summed E-state index contributed by atoms with van der Waals surface area (Å²) in [5, 5.41) is 1.04. The molecule has 4 aromatic rings. The molecule has 0 atom stereocenters. The van der Waals surface area contributed by atoms with Gasteiger partial charge in [-0.25, -0.2) is 9.78 Å². The summed E-state index contributed by atoms with van der Waals surface area (Å²) >= 11 is 0. The van der Waals surface area contributed by atoms with Crippen molar-refractivity contribution in [3.8, 4) is 22.6 Å². The van der Waals surface area contributed by atoms with Crippen molar-refractivity contribution >= 4 is 23.0 Å². The van der Waals surface area contributed by atoms with Crippen molar-refractivity contribution in [1.82, 2.24) is 15.0 Å². The molecule has 4 rings (SSSR count). The molecule has 0 saturated heterocycles. The van der Waals surface area contributed by atoms with Gasteiger partial charge >= 0.3 is 12.1 Å². The van der Waals surface area contributed by atoms with Gasteiger partial charge in [0.2, 0.25) is 0 Å². The van der Waals surface area contributed by atoms with Crippen LogP contribution in [0.4, 0.5) is 0 Å². The second kappa shape index (κ2) is 11.5. The Hall–Kier alpha value is -4.22. The minimum absolute atomic E-state index is 0.0582. The van der Waals surface area contributed by atoms with Crippen LogP contribution >= 0.6 is 0 Å². The quantitative estimate of drug-likeness (QED) is 0.330. The number of carbonyl (C=O) groups excluding carboxylic acids is 3. The third-order valence-electron chi connectivity index (χ3n) is 5.68. The number of carbonyl (C=O) groups is 1. The predicted molar refractivity (Wildman–Crippen MR) is 137 cm³/mol. The molecule has 7 heteroatoms. The summed E-state index contributed by atoms with van der Waals surface area (Å²) < 4.78 is 5.32. The Bertz CT molecular complexity index is 1420. The number of rotatable bonds is 5. The van der Waals surface area contributed by atoms with Crippen LogP contribution < -0.4 is 0 Å². The fourth-order valence-corrected chi connectivity index (χ4v) is 3.79. The number of esters is 1. The number of nitrogens with zero attached hydrogens (tertiary/aromatic N) is 3. The summed E-state index contributed by atoms with van der Waals surface area (Å²) in [5.41, 5.74) is 6.50. The topological polar surface area (TPSA) is 99.1 Å². The van der Waals surface area contributed by atoms with Crippen LogP contribution in [0.2, 0.25) is 0 Å². The molecule has 0 amide bonds.